The number of hydrogen-bond donors (Lipinski definition) is 2. The fourth-order valence-corrected chi connectivity index (χ4v) is 3.29. The van der Waals surface area contributed by atoms with Crippen molar-refractivity contribution in [1.29, 1.82) is 0 Å². The number of nitrogens with two attached hydrogens (primary N) is 2. The Labute approximate surface area is 117 Å². The summed E-state index contributed by atoms with van der Waals surface area (Å²) in [4.78, 5) is 14.3. The van der Waals surface area contributed by atoms with E-state index in [1.54, 1.807) is 0 Å². The van der Waals surface area contributed by atoms with E-state index in [-0.39, 0.29) is 30.6 Å². The summed E-state index contributed by atoms with van der Waals surface area (Å²) < 4.78 is 0.721. The molecule has 0 saturated heterocycles. The fourth-order valence-electron chi connectivity index (χ4n) is 1.99. The van der Waals surface area contributed by atoms with E-state index >= 15 is 0 Å². The summed E-state index contributed by atoms with van der Waals surface area (Å²) in [5.74, 6) is -0.350. The van der Waals surface area contributed by atoms with Crippen molar-refractivity contribution in [2.24, 2.45) is 11.5 Å². The third-order valence-corrected chi connectivity index (χ3v) is 4.04. The molecule has 2 unspecified atom stereocenters. The van der Waals surface area contributed by atoms with Gasteiger partial charge in [0.2, 0.25) is 5.91 Å². The van der Waals surface area contributed by atoms with Gasteiger partial charge in [0, 0.05) is 17.0 Å². The average molecular weight is 290 g/mol. The zero-order chi connectivity index (χ0) is 13.9. The normalized spacial score (nSPS) is 15.1. The molecule has 0 fully saturated rings. The van der Waals surface area contributed by atoms with E-state index < -0.39 is 0 Å². The van der Waals surface area contributed by atoms with Gasteiger partial charge in [0.15, 0.2) is 0 Å². The molecule has 0 aliphatic heterocycles. The standard InChI is InChI=1S/C12H20ClN3OS/c1-7(2)16(6-11(15)17)12(8(3)14)9-4-5-10(13)18-9/h4-5,7-8,12H,6,14H2,1-3H3,(H2,15,17). The molecule has 4 N–H and O–H groups in total. The summed E-state index contributed by atoms with van der Waals surface area (Å²) in [7, 11) is 0. The van der Waals surface area contributed by atoms with Crippen LogP contribution >= 0.6 is 22.9 Å². The van der Waals surface area contributed by atoms with Gasteiger partial charge in [-0.25, -0.2) is 0 Å². The molecule has 0 aromatic carbocycles. The molecule has 0 spiro atoms. The lowest BCUT2D eigenvalue weighted by molar-refractivity contribution is -0.120. The smallest absolute Gasteiger partial charge is 0.231 e. The van der Waals surface area contributed by atoms with Crippen LogP contribution < -0.4 is 11.5 Å². The van der Waals surface area contributed by atoms with E-state index in [9.17, 15) is 4.79 Å². The van der Waals surface area contributed by atoms with Crippen LogP contribution in [0, 0.1) is 0 Å². The first-order valence-corrected chi connectivity index (χ1v) is 7.07. The summed E-state index contributed by atoms with van der Waals surface area (Å²) in [6.45, 7) is 6.16. The van der Waals surface area contributed by atoms with Gasteiger partial charge in [0.05, 0.1) is 16.9 Å². The van der Waals surface area contributed by atoms with Crippen LogP contribution in [0.3, 0.4) is 0 Å². The first-order valence-electron chi connectivity index (χ1n) is 5.87. The van der Waals surface area contributed by atoms with E-state index in [0.29, 0.717) is 0 Å². The number of primary amides is 1. The second-order valence-corrected chi connectivity index (χ2v) is 6.42. The fraction of sp³-hybridized carbons (Fsp3) is 0.583. The molecule has 0 aliphatic rings. The molecule has 0 bridgehead atoms. The SMILES string of the molecule is CC(N)C(c1ccc(Cl)s1)N(CC(N)=O)C(C)C. The Morgan fingerprint density at radius 1 is 1.44 bits per heavy atom. The number of amides is 1. The topological polar surface area (TPSA) is 72.3 Å². The Hall–Kier alpha value is -0.620. The number of hydrogen-bond acceptors (Lipinski definition) is 4. The molecule has 0 aliphatic carbocycles. The molecular weight excluding hydrogens is 270 g/mol. The Morgan fingerprint density at radius 3 is 2.39 bits per heavy atom. The van der Waals surface area contributed by atoms with Crippen LogP contribution in [0.1, 0.15) is 31.7 Å². The lowest BCUT2D eigenvalue weighted by Crippen LogP contribution is -2.46. The molecule has 18 heavy (non-hydrogen) atoms. The van der Waals surface area contributed by atoms with E-state index in [4.69, 9.17) is 23.1 Å². The average Bonchev–Trinajstić information content (AvgIpc) is 2.62. The Morgan fingerprint density at radius 2 is 2.06 bits per heavy atom. The first kappa shape index (κ1) is 15.4. The van der Waals surface area contributed by atoms with Crippen LogP contribution in [0.25, 0.3) is 0 Å². The van der Waals surface area contributed by atoms with Crippen molar-refractivity contribution >= 4 is 28.8 Å². The molecule has 1 amide bonds. The van der Waals surface area contributed by atoms with Crippen molar-refractivity contribution in [3.05, 3.63) is 21.3 Å². The van der Waals surface area contributed by atoms with Gasteiger partial charge in [-0.15, -0.1) is 11.3 Å². The van der Waals surface area contributed by atoms with Gasteiger partial charge in [0.1, 0.15) is 0 Å². The predicted octanol–water partition coefficient (Wildman–Crippen LogP) is 1.99. The zero-order valence-electron chi connectivity index (χ0n) is 10.9. The summed E-state index contributed by atoms with van der Waals surface area (Å²) in [6, 6.07) is 3.82. The summed E-state index contributed by atoms with van der Waals surface area (Å²) >= 11 is 7.46. The van der Waals surface area contributed by atoms with Gasteiger partial charge in [-0.1, -0.05) is 11.6 Å². The first-order chi connectivity index (χ1) is 8.32. The molecule has 1 aromatic rings. The van der Waals surface area contributed by atoms with Gasteiger partial charge in [-0.05, 0) is 32.9 Å². The minimum absolute atomic E-state index is 0.0463. The lowest BCUT2D eigenvalue weighted by Gasteiger charge is -2.35. The van der Waals surface area contributed by atoms with Crippen molar-refractivity contribution in [2.75, 3.05) is 6.54 Å². The largest absolute Gasteiger partial charge is 0.369 e. The highest BCUT2D eigenvalue weighted by molar-refractivity contribution is 7.16. The molecule has 0 radical (unpaired) electrons. The number of carbonyl (C=O) groups is 1. The van der Waals surface area contributed by atoms with Crippen molar-refractivity contribution in [1.82, 2.24) is 4.90 Å². The van der Waals surface area contributed by atoms with Crippen LogP contribution in [-0.2, 0) is 4.79 Å². The van der Waals surface area contributed by atoms with Crippen molar-refractivity contribution in [3.8, 4) is 0 Å². The van der Waals surface area contributed by atoms with Crippen LogP contribution in [0.15, 0.2) is 12.1 Å². The maximum absolute atomic E-state index is 11.2. The van der Waals surface area contributed by atoms with Gasteiger partial charge in [0.25, 0.3) is 0 Å². The van der Waals surface area contributed by atoms with Gasteiger partial charge in [-0.3, -0.25) is 9.69 Å². The van der Waals surface area contributed by atoms with Crippen LogP contribution in [0.5, 0.6) is 0 Å². The molecule has 1 aromatic heterocycles. The van der Waals surface area contributed by atoms with Crippen molar-refractivity contribution in [3.63, 3.8) is 0 Å². The molecule has 1 rings (SSSR count). The van der Waals surface area contributed by atoms with Crippen LogP contribution in [-0.4, -0.2) is 29.4 Å². The maximum atomic E-state index is 11.2. The molecule has 4 nitrogen and oxygen atoms in total. The molecule has 0 saturated carbocycles. The predicted molar refractivity (Wildman–Crippen MR) is 76.8 cm³/mol. The summed E-state index contributed by atoms with van der Waals surface area (Å²) in [5, 5.41) is 0. The highest BCUT2D eigenvalue weighted by Gasteiger charge is 2.28. The number of rotatable bonds is 6. The maximum Gasteiger partial charge on any atom is 0.231 e. The Kier molecular flexibility index (Phi) is 5.59. The second-order valence-electron chi connectivity index (χ2n) is 4.68. The van der Waals surface area contributed by atoms with Crippen LogP contribution in [0.2, 0.25) is 4.34 Å². The lowest BCUT2D eigenvalue weighted by atomic mass is 10.1. The second kappa shape index (κ2) is 6.52. The van der Waals surface area contributed by atoms with E-state index in [2.05, 4.69) is 0 Å². The Bertz CT molecular complexity index is 406. The zero-order valence-corrected chi connectivity index (χ0v) is 12.5. The summed E-state index contributed by atoms with van der Waals surface area (Å²) in [5.41, 5.74) is 11.4. The molecule has 102 valence electrons. The third kappa shape index (κ3) is 3.95. The monoisotopic (exact) mass is 289 g/mol. The molecular formula is C12H20ClN3OS. The molecule has 2 atom stereocenters. The highest BCUT2D eigenvalue weighted by atomic mass is 35.5. The minimum Gasteiger partial charge on any atom is -0.369 e. The van der Waals surface area contributed by atoms with Gasteiger partial charge in [-0.2, -0.15) is 0 Å². The quantitative estimate of drug-likeness (QED) is 0.841. The number of carbonyl (C=O) groups excluding carboxylic acids is 1. The number of nitrogens with zero attached hydrogens (tertiary/aromatic N) is 1. The van der Waals surface area contributed by atoms with E-state index in [1.165, 1.54) is 11.3 Å². The van der Waals surface area contributed by atoms with Crippen LogP contribution in [0.4, 0.5) is 0 Å². The third-order valence-electron chi connectivity index (χ3n) is 2.74. The van der Waals surface area contributed by atoms with Gasteiger partial charge < -0.3 is 11.5 Å². The van der Waals surface area contributed by atoms with Gasteiger partial charge >= 0.3 is 0 Å². The highest BCUT2D eigenvalue weighted by Crippen LogP contribution is 2.33. The summed E-state index contributed by atoms with van der Waals surface area (Å²) in [6.07, 6.45) is 0. The number of thiophene rings is 1. The molecule has 1 heterocycles. The van der Waals surface area contributed by atoms with Crippen molar-refractivity contribution in [2.45, 2.75) is 38.9 Å². The van der Waals surface area contributed by atoms with E-state index in [0.717, 1.165) is 9.21 Å². The van der Waals surface area contributed by atoms with Crippen molar-refractivity contribution < 1.29 is 4.79 Å². The van der Waals surface area contributed by atoms with E-state index in [1.807, 2.05) is 37.8 Å². The minimum atomic E-state index is -0.350. The number of halogens is 1. The Balaban J connectivity index is 3.04. The molecule has 6 heteroatoms.